The summed E-state index contributed by atoms with van der Waals surface area (Å²) in [5.41, 5.74) is 0.728. The molecule has 178 valence electrons. The van der Waals surface area contributed by atoms with Crippen LogP contribution in [0.1, 0.15) is 97.0 Å². The largest absolute Gasteiger partial charge is 0.870 e. The Morgan fingerprint density at radius 1 is 0.800 bits per heavy atom. The van der Waals surface area contributed by atoms with E-state index in [2.05, 4.69) is 6.92 Å². The van der Waals surface area contributed by atoms with Crippen molar-refractivity contribution in [3.8, 4) is 0 Å². The standard InChI is InChI=1S/C19H32O3S.C3H8O.2H2O.Ti/c1-2-3-4-5-6-7-8-9-10-11-12-15-18-16-13-14-17-19(18)23(20,21)22;1-3(2)4;;;/h13-14,16-17H,2-12,15H2,1H3,(H,20,21,22);3-4H,1-2H3;2*1H2;/p-2. The molecule has 0 spiro atoms. The molecular weight excluding hydrogens is 440 g/mol. The van der Waals surface area contributed by atoms with Crippen molar-refractivity contribution in [1.29, 1.82) is 0 Å². The summed E-state index contributed by atoms with van der Waals surface area (Å²) in [5, 5.41) is 8.06. The minimum absolute atomic E-state index is 0. The van der Waals surface area contributed by atoms with Gasteiger partial charge in [0.2, 0.25) is 0 Å². The summed E-state index contributed by atoms with van der Waals surface area (Å²) in [6, 6.07) is 6.73. The minimum Gasteiger partial charge on any atom is -0.870 e. The van der Waals surface area contributed by atoms with Gasteiger partial charge in [-0.05, 0) is 38.3 Å². The molecule has 0 fully saturated rings. The summed E-state index contributed by atoms with van der Waals surface area (Å²) in [6.45, 7) is 5.69. The zero-order valence-electron chi connectivity index (χ0n) is 18.9. The van der Waals surface area contributed by atoms with Crippen molar-refractivity contribution in [2.24, 2.45) is 0 Å². The van der Waals surface area contributed by atoms with Gasteiger partial charge in [0.05, 0.1) is 4.90 Å². The van der Waals surface area contributed by atoms with Gasteiger partial charge in [0.15, 0.2) is 0 Å². The van der Waals surface area contributed by atoms with E-state index in [0.29, 0.717) is 6.42 Å². The predicted molar refractivity (Wildman–Crippen MR) is 118 cm³/mol. The number of benzene rings is 1. The Balaban J connectivity index is -0.000000442. The van der Waals surface area contributed by atoms with Gasteiger partial charge in [0, 0.05) is 27.8 Å². The fourth-order valence-electron chi connectivity index (χ4n) is 2.94. The van der Waals surface area contributed by atoms with Crippen LogP contribution in [0.4, 0.5) is 0 Å². The van der Waals surface area contributed by atoms with E-state index in [4.69, 9.17) is 5.11 Å². The van der Waals surface area contributed by atoms with Crippen LogP contribution in [0.15, 0.2) is 29.2 Å². The molecule has 0 aliphatic rings. The molecule has 0 radical (unpaired) electrons. The van der Waals surface area contributed by atoms with E-state index >= 15 is 0 Å². The van der Waals surface area contributed by atoms with Crippen LogP contribution in [0.25, 0.3) is 0 Å². The summed E-state index contributed by atoms with van der Waals surface area (Å²) >= 11 is 0. The van der Waals surface area contributed by atoms with E-state index in [-0.39, 0.29) is 43.7 Å². The van der Waals surface area contributed by atoms with Gasteiger partial charge >= 0.3 is 0 Å². The summed E-state index contributed by atoms with van der Waals surface area (Å²) in [5.74, 6) is 0. The molecule has 0 aliphatic heterocycles. The Morgan fingerprint density at radius 2 is 1.17 bits per heavy atom. The quantitative estimate of drug-likeness (QED) is 0.207. The first-order valence-electron chi connectivity index (χ1n) is 10.5. The second-order valence-corrected chi connectivity index (χ2v) is 8.85. The first-order valence-corrected chi connectivity index (χ1v) is 12.0. The van der Waals surface area contributed by atoms with Crippen LogP contribution in [0.5, 0.6) is 0 Å². The molecule has 0 atom stereocenters. The Labute approximate surface area is 199 Å². The maximum absolute atomic E-state index is 11.3. The number of aliphatic hydroxyl groups excluding tert-OH is 1. The summed E-state index contributed by atoms with van der Waals surface area (Å²) in [7, 11) is -4.10. The third-order valence-electron chi connectivity index (χ3n) is 4.30. The first-order chi connectivity index (χ1) is 12.8. The number of aryl methyl sites for hydroxylation is 1. The molecule has 0 saturated carbocycles. The van der Waals surface area contributed by atoms with E-state index in [9.17, 15) is 13.0 Å². The Kier molecular flexibility index (Phi) is 28.9. The molecular formula is C22H42O6STi-2. The number of hydrogen-bond donors (Lipinski definition) is 2. The third kappa shape index (κ3) is 22.4. The van der Waals surface area contributed by atoms with Crippen molar-refractivity contribution in [3.63, 3.8) is 0 Å². The van der Waals surface area contributed by atoms with Crippen LogP contribution >= 0.6 is 0 Å². The van der Waals surface area contributed by atoms with E-state index in [0.717, 1.165) is 18.4 Å². The van der Waals surface area contributed by atoms with Crippen LogP contribution in [-0.4, -0.2) is 35.1 Å². The van der Waals surface area contributed by atoms with Crippen molar-refractivity contribution in [1.82, 2.24) is 0 Å². The molecule has 1 aromatic carbocycles. The molecule has 0 unspecified atom stereocenters. The molecule has 1 rings (SSSR count). The fourth-order valence-corrected chi connectivity index (χ4v) is 3.69. The molecule has 0 amide bonds. The smallest absolute Gasteiger partial charge is 0.294 e. The molecule has 0 bridgehead atoms. The number of hydrogen-bond acceptors (Lipinski definition) is 5. The molecule has 8 heteroatoms. The SMILES string of the molecule is CC(C)O.CCCCCCCCCCCCCc1ccccc1S(=O)(=O)O.[OH-].[OH-].[Ti]. The van der Waals surface area contributed by atoms with Crippen LogP contribution in [0.2, 0.25) is 0 Å². The molecule has 0 heterocycles. The maximum Gasteiger partial charge on any atom is 0.294 e. The average Bonchev–Trinajstić information content (AvgIpc) is 2.59. The maximum atomic E-state index is 11.3. The van der Waals surface area contributed by atoms with Gasteiger partial charge in [-0.2, -0.15) is 8.42 Å². The van der Waals surface area contributed by atoms with Gasteiger partial charge in [-0.15, -0.1) is 0 Å². The van der Waals surface area contributed by atoms with Gasteiger partial charge in [-0.1, -0.05) is 89.3 Å². The number of unbranched alkanes of at least 4 members (excludes halogenated alkanes) is 10. The van der Waals surface area contributed by atoms with Crippen LogP contribution in [-0.2, 0) is 38.3 Å². The van der Waals surface area contributed by atoms with Gasteiger partial charge in [-0.25, -0.2) is 0 Å². The zero-order valence-corrected chi connectivity index (χ0v) is 21.3. The van der Waals surface area contributed by atoms with E-state index < -0.39 is 10.1 Å². The first kappa shape index (κ1) is 37.1. The van der Waals surface area contributed by atoms with Crippen molar-refractivity contribution in [2.75, 3.05) is 0 Å². The molecule has 0 aromatic heterocycles. The van der Waals surface area contributed by atoms with Crippen molar-refractivity contribution in [2.45, 2.75) is 109 Å². The van der Waals surface area contributed by atoms with Crippen molar-refractivity contribution in [3.05, 3.63) is 29.8 Å². The Bertz CT molecular complexity index is 576. The van der Waals surface area contributed by atoms with Gasteiger partial charge < -0.3 is 16.1 Å². The van der Waals surface area contributed by atoms with Crippen molar-refractivity contribution < 1.29 is 50.7 Å². The molecule has 4 N–H and O–H groups in total. The predicted octanol–water partition coefficient (Wildman–Crippen LogP) is 5.82. The topological polar surface area (TPSA) is 135 Å². The molecule has 30 heavy (non-hydrogen) atoms. The summed E-state index contributed by atoms with van der Waals surface area (Å²) < 4.78 is 31.8. The summed E-state index contributed by atoms with van der Waals surface area (Å²) in [6.07, 6.45) is 14.6. The van der Waals surface area contributed by atoms with Crippen LogP contribution in [0.3, 0.4) is 0 Å². The number of aliphatic hydroxyl groups is 1. The van der Waals surface area contributed by atoms with Gasteiger partial charge in [0.25, 0.3) is 10.1 Å². The molecule has 0 saturated heterocycles. The monoisotopic (exact) mass is 482 g/mol. The zero-order chi connectivity index (χ0) is 20.5. The van der Waals surface area contributed by atoms with Gasteiger partial charge in [0.1, 0.15) is 0 Å². The van der Waals surface area contributed by atoms with Crippen molar-refractivity contribution >= 4 is 10.1 Å². The van der Waals surface area contributed by atoms with E-state index in [1.54, 1.807) is 26.0 Å². The van der Waals surface area contributed by atoms with Crippen LogP contribution < -0.4 is 0 Å². The second-order valence-electron chi connectivity index (χ2n) is 7.46. The number of rotatable bonds is 13. The second kappa shape index (κ2) is 23.4. The summed E-state index contributed by atoms with van der Waals surface area (Å²) in [4.78, 5) is 0.0621. The minimum atomic E-state index is -4.10. The Hall–Kier alpha value is -0.276. The fraction of sp³-hybridized carbons (Fsp3) is 0.727. The van der Waals surface area contributed by atoms with Crippen LogP contribution in [0, 0.1) is 0 Å². The van der Waals surface area contributed by atoms with E-state index in [1.165, 1.54) is 63.9 Å². The third-order valence-corrected chi connectivity index (χ3v) is 5.25. The Morgan fingerprint density at radius 3 is 1.57 bits per heavy atom. The molecule has 1 aromatic rings. The molecule has 6 nitrogen and oxygen atoms in total. The van der Waals surface area contributed by atoms with E-state index in [1.807, 2.05) is 6.07 Å². The van der Waals surface area contributed by atoms with Gasteiger partial charge in [-0.3, -0.25) is 4.55 Å². The molecule has 0 aliphatic carbocycles. The average molecular weight is 483 g/mol. The normalized spacial score (nSPS) is 10.2.